The van der Waals surface area contributed by atoms with Gasteiger partial charge < -0.3 is 20.9 Å². The number of hydrogen-bond donors (Lipinski definition) is 3. The van der Waals surface area contributed by atoms with Crippen LogP contribution in [0.1, 0.15) is 158 Å². The molecular formula is C42H72N2O5. The Morgan fingerprint density at radius 3 is 2.10 bits per heavy atom. The summed E-state index contributed by atoms with van der Waals surface area (Å²) in [7, 11) is 0. The van der Waals surface area contributed by atoms with E-state index in [0.29, 0.717) is 23.2 Å². The third-order valence-corrected chi connectivity index (χ3v) is 15.3. The number of esters is 1. The molecule has 7 nitrogen and oxygen atoms in total. The smallest absolute Gasteiger partial charge is 0.309 e. The fraction of sp³-hybridized carbons (Fsp3) is 0.881. The lowest BCUT2D eigenvalue weighted by Gasteiger charge is -2.69. The third kappa shape index (κ3) is 7.82. The number of ether oxygens (including phenoxy) is 1. The summed E-state index contributed by atoms with van der Waals surface area (Å²) in [5, 5.41) is 12.8. The third-order valence-electron chi connectivity index (χ3n) is 15.3. The molecule has 9 unspecified atom stereocenters. The molecule has 0 aromatic heterocycles. The highest BCUT2D eigenvalue weighted by Crippen LogP contribution is 2.72. The zero-order valence-electron chi connectivity index (χ0n) is 32.3. The Morgan fingerprint density at radius 2 is 1.51 bits per heavy atom. The molecule has 0 aromatic carbocycles. The average Bonchev–Trinajstić information content (AvgIpc) is 3.47. The van der Waals surface area contributed by atoms with Gasteiger partial charge in [-0.3, -0.25) is 14.4 Å². The molecule has 4 N–H and O–H groups in total. The van der Waals surface area contributed by atoms with E-state index < -0.39 is 11.4 Å². The summed E-state index contributed by atoms with van der Waals surface area (Å²) in [4.78, 5) is 35.9. The van der Waals surface area contributed by atoms with Crippen molar-refractivity contribution in [2.24, 2.45) is 62.9 Å². The predicted octanol–water partition coefficient (Wildman–Crippen LogP) is 9.08. The van der Waals surface area contributed by atoms with Crippen molar-refractivity contribution in [2.75, 3.05) is 6.54 Å². The van der Waals surface area contributed by atoms with Crippen LogP contribution >= 0.6 is 0 Å². The van der Waals surface area contributed by atoms with Crippen molar-refractivity contribution in [1.29, 1.82) is 0 Å². The summed E-state index contributed by atoms with van der Waals surface area (Å²) in [5.41, 5.74) is 4.84. The molecule has 6 fully saturated rings. The van der Waals surface area contributed by atoms with Crippen molar-refractivity contribution in [3.8, 4) is 0 Å². The van der Waals surface area contributed by atoms with Gasteiger partial charge in [0.25, 0.3) is 0 Å². The number of amides is 1. The molecule has 0 saturated heterocycles. The number of hydrogen-bond acceptors (Lipinski definition) is 5. The van der Waals surface area contributed by atoms with Crippen molar-refractivity contribution >= 4 is 18.3 Å². The predicted molar refractivity (Wildman–Crippen MR) is 198 cm³/mol. The number of aliphatic carboxylic acids is 1. The number of allylic oxidation sites excluding steroid dienone is 1. The second-order valence-corrected chi connectivity index (χ2v) is 18.8. The SMILES string of the molecule is C=CC.CC(C)(CC(=O)OC1CCC2(C)C(CCC3(C)C4CCC5(NC=O)CCCC5C4CCC32)C1(C)C)C(=O)O.NCC1CCCCC1. The molecule has 6 saturated carbocycles. The van der Waals surface area contributed by atoms with E-state index in [0.717, 1.165) is 62.8 Å². The molecule has 7 heteroatoms. The number of rotatable bonds is 7. The van der Waals surface area contributed by atoms with E-state index in [9.17, 15) is 19.5 Å². The molecule has 0 aromatic rings. The maximum atomic E-state index is 12.8. The topological polar surface area (TPSA) is 119 Å². The molecule has 280 valence electrons. The van der Waals surface area contributed by atoms with Crippen LogP contribution in [0.4, 0.5) is 0 Å². The van der Waals surface area contributed by atoms with E-state index in [1.807, 2.05) is 6.92 Å². The van der Waals surface area contributed by atoms with Gasteiger partial charge in [0, 0.05) is 11.0 Å². The minimum atomic E-state index is -1.12. The molecule has 0 heterocycles. The monoisotopic (exact) mass is 685 g/mol. The van der Waals surface area contributed by atoms with Gasteiger partial charge in [0.05, 0.1) is 11.8 Å². The molecule has 0 spiro atoms. The maximum absolute atomic E-state index is 12.8. The van der Waals surface area contributed by atoms with Crippen LogP contribution in [-0.2, 0) is 19.1 Å². The van der Waals surface area contributed by atoms with E-state index in [-0.39, 0.29) is 34.9 Å². The van der Waals surface area contributed by atoms with Gasteiger partial charge in [-0.1, -0.05) is 59.5 Å². The van der Waals surface area contributed by atoms with E-state index in [4.69, 9.17) is 10.5 Å². The lowest BCUT2D eigenvalue weighted by atomic mass is 9.36. The van der Waals surface area contributed by atoms with Crippen LogP contribution in [0.5, 0.6) is 0 Å². The van der Waals surface area contributed by atoms with E-state index in [1.165, 1.54) is 70.6 Å². The van der Waals surface area contributed by atoms with Gasteiger partial charge in [-0.25, -0.2) is 0 Å². The Hall–Kier alpha value is -1.89. The molecule has 0 bridgehead atoms. The van der Waals surface area contributed by atoms with Crippen LogP contribution in [0, 0.1) is 57.2 Å². The van der Waals surface area contributed by atoms with Crippen molar-refractivity contribution in [3.05, 3.63) is 12.7 Å². The summed E-state index contributed by atoms with van der Waals surface area (Å²) in [5.74, 6) is 2.76. The molecule has 6 aliphatic rings. The number of nitrogens with two attached hydrogens (primary N) is 1. The Balaban J connectivity index is 0.000000422. The largest absolute Gasteiger partial charge is 0.481 e. The second kappa shape index (κ2) is 15.8. The van der Waals surface area contributed by atoms with Gasteiger partial charge in [0.2, 0.25) is 6.41 Å². The van der Waals surface area contributed by atoms with E-state index in [1.54, 1.807) is 19.9 Å². The first-order valence-electron chi connectivity index (χ1n) is 20.0. The average molecular weight is 685 g/mol. The van der Waals surface area contributed by atoms with Crippen LogP contribution in [0.25, 0.3) is 0 Å². The lowest BCUT2D eigenvalue weighted by Crippen LogP contribution is -2.65. The zero-order chi connectivity index (χ0) is 36.3. The summed E-state index contributed by atoms with van der Waals surface area (Å²) >= 11 is 0. The van der Waals surface area contributed by atoms with Gasteiger partial charge in [-0.05, 0) is 151 Å². The van der Waals surface area contributed by atoms with Crippen LogP contribution < -0.4 is 11.1 Å². The Morgan fingerprint density at radius 1 is 0.857 bits per heavy atom. The second-order valence-electron chi connectivity index (χ2n) is 18.8. The van der Waals surface area contributed by atoms with Crippen LogP contribution in [-0.4, -0.2) is 41.6 Å². The lowest BCUT2D eigenvalue weighted by molar-refractivity contribution is -0.220. The summed E-state index contributed by atoms with van der Waals surface area (Å²) in [6.07, 6.45) is 22.4. The Labute approximate surface area is 298 Å². The summed E-state index contributed by atoms with van der Waals surface area (Å²) in [6.45, 7) is 19.1. The summed E-state index contributed by atoms with van der Waals surface area (Å²) in [6, 6.07) is 0. The Bertz CT molecular complexity index is 1160. The number of carbonyl (C=O) groups is 3. The quantitative estimate of drug-likeness (QED) is 0.140. The molecule has 0 radical (unpaired) electrons. The minimum Gasteiger partial charge on any atom is -0.481 e. The first-order chi connectivity index (χ1) is 23.1. The van der Waals surface area contributed by atoms with Crippen molar-refractivity contribution in [1.82, 2.24) is 5.32 Å². The van der Waals surface area contributed by atoms with Gasteiger partial charge in [-0.15, -0.1) is 6.58 Å². The van der Waals surface area contributed by atoms with Gasteiger partial charge in [-0.2, -0.15) is 0 Å². The molecule has 6 rings (SSSR count). The fourth-order valence-electron chi connectivity index (χ4n) is 12.8. The normalized spacial score (nSPS) is 39.4. The highest BCUT2D eigenvalue weighted by Gasteiger charge is 2.66. The fourth-order valence-corrected chi connectivity index (χ4v) is 12.8. The zero-order valence-corrected chi connectivity index (χ0v) is 32.3. The molecule has 6 aliphatic carbocycles. The number of fused-ring (bicyclic) bond motifs is 7. The van der Waals surface area contributed by atoms with Crippen molar-refractivity contribution in [3.63, 3.8) is 0 Å². The number of nitrogens with one attached hydrogen (secondary N) is 1. The molecule has 1 amide bonds. The molecule has 49 heavy (non-hydrogen) atoms. The van der Waals surface area contributed by atoms with Gasteiger partial charge in [0.15, 0.2) is 0 Å². The van der Waals surface area contributed by atoms with Crippen molar-refractivity contribution in [2.45, 2.75) is 169 Å². The van der Waals surface area contributed by atoms with Crippen LogP contribution in [0.3, 0.4) is 0 Å². The van der Waals surface area contributed by atoms with Gasteiger partial charge >= 0.3 is 11.9 Å². The molecule has 9 atom stereocenters. The van der Waals surface area contributed by atoms with Gasteiger partial charge in [0.1, 0.15) is 6.10 Å². The van der Waals surface area contributed by atoms with E-state index in [2.05, 4.69) is 39.6 Å². The minimum absolute atomic E-state index is 0.0480. The summed E-state index contributed by atoms with van der Waals surface area (Å²) < 4.78 is 6.08. The number of carboxylic acids is 1. The number of carbonyl (C=O) groups excluding carboxylic acids is 2. The Kier molecular flexibility index (Phi) is 12.8. The maximum Gasteiger partial charge on any atom is 0.309 e. The molecule has 0 aliphatic heterocycles. The molecular weight excluding hydrogens is 612 g/mol. The highest BCUT2D eigenvalue weighted by atomic mass is 16.5. The first kappa shape index (κ1) is 39.9. The number of carboxylic acid groups (broad SMARTS) is 1. The van der Waals surface area contributed by atoms with Crippen LogP contribution in [0.2, 0.25) is 0 Å². The first-order valence-corrected chi connectivity index (χ1v) is 20.0. The standard InChI is InChI=1S/C32H51NO5.C7H15N.C3H6/c1-28(2,27(36)37)18-26(35)38-25-13-16-31(6)23(29(25,3)4)12-15-30(5)21-11-17-32(33-19-34)14-7-8-22(32)20(21)9-10-24(30)31;8-6-7-4-2-1-3-5-7;1-3-2/h19-25H,7-18H2,1-6H3,(H,33,34)(H,36,37);7H,1-6,8H2;3H,1H2,2H3. The highest BCUT2D eigenvalue weighted by molar-refractivity contribution is 5.81. The van der Waals surface area contributed by atoms with Crippen molar-refractivity contribution < 1.29 is 24.2 Å². The van der Waals surface area contributed by atoms with E-state index >= 15 is 0 Å². The van der Waals surface area contributed by atoms with Crippen LogP contribution in [0.15, 0.2) is 12.7 Å².